The molecule has 0 atom stereocenters. The second-order valence-electron chi connectivity index (χ2n) is 13.0. The standard InChI is InChI=1S/C44H30N4.C4H6/c1-3-12-32(13-4-1)47-39-19-8-7-16-34(39)36-27-30(22-24-40(36)47)37-17-9-18-38(46-37)31-20-23-35-42(28-31)48(33-14-5-2-6-15-33)41-25-21-29-11-10-26-45-44(29)43(35)41;1-3-4-2/h1-19,21-22,24-28H,20,23H2;3-4H,1-2H2. The van der Waals surface area contributed by atoms with Crippen LogP contribution >= 0.6 is 0 Å². The lowest BCUT2D eigenvalue weighted by Crippen LogP contribution is -2.04. The monoisotopic (exact) mass is 668 g/mol. The Morgan fingerprint density at radius 2 is 1.25 bits per heavy atom. The van der Waals surface area contributed by atoms with Gasteiger partial charge < -0.3 is 9.13 Å². The molecule has 0 aliphatic heterocycles. The highest BCUT2D eigenvalue weighted by atomic mass is 15.0. The van der Waals surface area contributed by atoms with Crippen molar-refractivity contribution < 1.29 is 0 Å². The van der Waals surface area contributed by atoms with Gasteiger partial charge in [-0.1, -0.05) is 104 Å². The molecule has 248 valence electrons. The first-order valence-corrected chi connectivity index (χ1v) is 17.7. The van der Waals surface area contributed by atoms with Gasteiger partial charge in [-0.25, -0.2) is 4.98 Å². The van der Waals surface area contributed by atoms with Crippen molar-refractivity contribution in [3.8, 4) is 22.6 Å². The van der Waals surface area contributed by atoms with Gasteiger partial charge in [-0.15, -0.1) is 0 Å². The van der Waals surface area contributed by atoms with Gasteiger partial charge >= 0.3 is 0 Å². The summed E-state index contributed by atoms with van der Waals surface area (Å²) < 4.78 is 4.76. The first kappa shape index (κ1) is 31.2. The molecule has 4 heterocycles. The molecule has 4 nitrogen and oxygen atoms in total. The van der Waals surface area contributed by atoms with Crippen LogP contribution in [0.5, 0.6) is 0 Å². The number of hydrogen-bond donors (Lipinski definition) is 0. The molecule has 0 fully saturated rings. The molecule has 52 heavy (non-hydrogen) atoms. The number of nitrogens with zero attached hydrogens (tertiary/aromatic N) is 4. The number of hydrogen-bond acceptors (Lipinski definition) is 2. The van der Waals surface area contributed by atoms with Gasteiger partial charge in [-0.05, 0) is 96.8 Å². The summed E-state index contributed by atoms with van der Waals surface area (Å²) in [6.07, 6.45) is 9.40. The summed E-state index contributed by atoms with van der Waals surface area (Å²) in [4.78, 5) is 10.2. The number of fused-ring (bicyclic) bond motifs is 8. The Morgan fingerprint density at radius 1 is 0.558 bits per heavy atom. The van der Waals surface area contributed by atoms with E-state index in [9.17, 15) is 0 Å². The topological polar surface area (TPSA) is 35.6 Å². The predicted molar refractivity (Wildman–Crippen MR) is 219 cm³/mol. The van der Waals surface area contributed by atoms with Crippen molar-refractivity contribution >= 4 is 55.3 Å². The highest BCUT2D eigenvalue weighted by Crippen LogP contribution is 2.41. The molecule has 0 saturated heterocycles. The van der Waals surface area contributed by atoms with Gasteiger partial charge in [-0.3, -0.25) is 4.98 Å². The second-order valence-corrected chi connectivity index (χ2v) is 13.0. The minimum Gasteiger partial charge on any atom is -0.309 e. The van der Waals surface area contributed by atoms with Gasteiger partial charge in [0.1, 0.15) is 0 Å². The third-order valence-electron chi connectivity index (χ3n) is 10.0. The maximum atomic E-state index is 5.30. The molecule has 10 rings (SSSR count). The van der Waals surface area contributed by atoms with Gasteiger partial charge in [0.05, 0.1) is 39.1 Å². The van der Waals surface area contributed by atoms with E-state index >= 15 is 0 Å². The first-order valence-electron chi connectivity index (χ1n) is 17.7. The van der Waals surface area contributed by atoms with E-state index in [1.54, 1.807) is 12.2 Å². The van der Waals surface area contributed by atoms with Gasteiger partial charge in [0.25, 0.3) is 0 Å². The van der Waals surface area contributed by atoms with E-state index in [1.807, 2.05) is 12.3 Å². The molecular weight excluding hydrogens is 633 g/mol. The second kappa shape index (κ2) is 13.2. The average molecular weight is 669 g/mol. The van der Waals surface area contributed by atoms with E-state index < -0.39 is 0 Å². The van der Waals surface area contributed by atoms with Gasteiger partial charge in [0, 0.05) is 44.7 Å². The highest BCUT2D eigenvalue weighted by Gasteiger charge is 2.24. The summed E-state index contributed by atoms with van der Waals surface area (Å²) in [7, 11) is 0. The summed E-state index contributed by atoms with van der Waals surface area (Å²) in [5.41, 5.74) is 13.9. The number of allylic oxidation sites excluding steroid dienone is 3. The summed E-state index contributed by atoms with van der Waals surface area (Å²) in [6, 6.07) is 51.8. The number of aromatic nitrogens is 4. The molecule has 4 aromatic heterocycles. The zero-order valence-electron chi connectivity index (χ0n) is 28.8. The van der Waals surface area contributed by atoms with Crippen molar-refractivity contribution in [2.45, 2.75) is 12.8 Å². The van der Waals surface area contributed by atoms with Crippen LogP contribution in [-0.4, -0.2) is 19.1 Å². The molecule has 0 bridgehead atoms. The molecular formula is C48H36N4. The lowest BCUT2D eigenvalue weighted by molar-refractivity contribution is 0.973. The van der Waals surface area contributed by atoms with Crippen LogP contribution in [0.25, 0.3) is 77.9 Å². The van der Waals surface area contributed by atoms with Crippen LogP contribution in [-0.2, 0) is 6.42 Å². The van der Waals surface area contributed by atoms with Crippen molar-refractivity contribution in [3.05, 3.63) is 194 Å². The molecule has 9 aromatic rings. The Labute approximate surface area is 303 Å². The molecule has 0 spiro atoms. The van der Waals surface area contributed by atoms with Crippen LogP contribution in [0.3, 0.4) is 0 Å². The molecule has 1 aliphatic rings. The van der Waals surface area contributed by atoms with Crippen LogP contribution in [0.1, 0.15) is 23.4 Å². The number of aryl methyl sites for hydroxylation is 1. The third-order valence-corrected chi connectivity index (χ3v) is 10.0. The summed E-state index contributed by atoms with van der Waals surface area (Å²) in [6.45, 7) is 6.72. The van der Waals surface area contributed by atoms with Crippen molar-refractivity contribution in [2.24, 2.45) is 0 Å². The van der Waals surface area contributed by atoms with Gasteiger partial charge in [-0.2, -0.15) is 0 Å². The van der Waals surface area contributed by atoms with Gasteiger partial charge in [0.2, 0.25) is 0 Å². The lowest BCUT2D eigenvalue weighted by Gasteiger charge is -2.17. The number of pyridine rings is 2. The Bertz CT molecular complexity index is 2810. The van der Waals surface area contributed by atoms with Crippen LogP contribution in [0, 0.1) is 0 Å². The van der Waals surface area contributed by atoms with E-state index in [0.29, 0.717) is 0 Å². The number of rotatable bonds is 5. The summed E-state index contributed by atoms with van der Waals surface area (Å²) >= 11 is 0. The Morgan fingerprint density at radius 3 is 2.04 bits per heavy atom. The van der Waals surface area contributed by atoms with Crippen molar-refractivity contribution in [3.63, 3.8) is 0 Å². The fourth-order valence-corrected chi connectivity index (χ4v) is 7.73. The van der Waals surface area contributed by atoms with Crippen LogP contribution in [0.4, 0.5) is 0 Å². The smallest absolute Gasteiger partial charge is 0.0798 e. The van der Waals surface area contributed by atoms with E-state index in [1.165, 1.54) is 54.9 Å². The SMILES string of the molecule is C1=C(c2cccc(-c3ccc4c(c3)c3ccccc3n4-c3ccccc3)n2)CCc2c1n(-c1ccccc1)c1ccc3cccnc3c21.C=CC=C. The highest BCUT2D eigenvalue weighted by molar-refractivity contribution is 6.11. The summed E-state index contributed by atoms with van der Waals surface area (Å²) in [5, 5.41) is 4.90. The van der Waals surface area contributed by atoms with E-state index in [4.69, 9.17) is 9.97 Å². The lowest BCUT2D eigenvalue weighted by atomic mass is 9.92. The molecule has 0 unspecified atom stereocenters. The Balaban J connectivity index is 0.000000859. The first-order chi connectivity index (χ1) is 25.7. The van der Waals surface area contributed by atoms with Gasteiger partial charge in [0.15, 0.2) is 0 Å². The van der Waals surface area contributed by atoms with Crippen molar-refractivity contribution in [1.29, 1.82) is 0 Å². The van der Waals surface area contributed by atoms with E-state index in [-0.39, 0.29) is 0 Å². The molecule has 4 heteroatoms. The normalized spacial score (nSPS) is 12.3. The number of para-hydroxylation sites is 3. The van der Waals surface area contributed by atoms with Crippen molar-refractivity contribution in [2.75, 3.05) is 0 Å². The third kappa shape index (κ3) is 5.24. The van der Waals surface area contributed by atoms with Crippen molar-refractivity contribution in [1.82, 2.24) is 19.1 Å². The molecule has 0 saturated carbocycles. The molecule has 0 radical (unpaired) electrons. The zero-order valence-corrected chi connectivity index (χ0v) is 28.8. The zero-order chi connectivity index (χ0) is 35.0. The minimum atomic E-state index is 0.921. The fraction of sp³-hybridized carbons (Fsp3) is 0.0417. The largest absolute Gasteiger partial charge is 0.309 e. The Hall–Kier alpha value is -6.78. The Kier molecular flexibility index (Phi) is 7.90. The van der Waals surface area contributed by atoms with Crippen LogP contribution in [0.15, 0.2) is 177 Å². The molecule has 0 N–H and O–H groups in total. The molecule has 5 aromatic carbocycles. The number of benzene rings is 5. The fourth-order valence-electron chi connectivity index (χ4n) is 7.73. The summed E-state index contributed by atoms with van der Waals surface area (Å²) in [5.74, 6) is 0. The maximum Gasteiger partial charge on any atom is 0.0798 e. The quantitative estimate of drug-likeness (QED) is 0.171. The van der Waals surface area contributed by atoms with E-state index in [2.05, 4.69) is 168 Å². The van der Waals surface area contributed by atoms with E-state index in [0.717, 1.165) is 46.7 Å². The average Bonchev–Trinajstić information content (AvgIpc) is 3.74. The maximum absolute atomic E-state index is 5.30. The molecule has 0 amide bonds. The van der Waals surface area contributed by atoms with Crippen LogP contribution in [0.2, 0.25) is 0 Å². The predicted octanol–water partition coefficient (Wildman–Crippen LogP) is 12.2. The molecule has 1 aliphatic carbocycles. The van der Waals surface area contributed by atoms with Crippen LogP contribution < -0.4 is 0 Å². The minimum absolute atomic E-state index is 0.921.